The van der Waals surface area contributed by atoms with Gasteiger partial charge in [0.25, 0.3) is 0 Å². The van der Waals surface area contributed by atoms with Crippen LogP contribution in [0.2, 0.25) is 0 Å². The van der Waals surface area contributed by atoms with Gasteiger partial charge in [-0.25, -0.2) is 4.79 Å². The quantitative estimate of drug-likeness (QED) is 0.210. The molecule has 0 saturated heterocycles. The Morgan fingerprint density at radius 1 is 0.707 bits per heavy atom. The minimum atomic E-state index is -0.221. The van der Waals surface area contributed by atoms with Crippen molar-refractivity contribution in [1.82, 2.24) is 5.32 Å². The fourth-order valence-electron chi connectivity index (χ4n) is 5.28. The van der Waals surface area contributed by atoms with Gasteiger partial charge in [-0.3, -0.25) is 4.90 Å². The summed E-state index contributed by atoms with van der Waals surface area (Å²) < 4.78 is 10.5. The highest BCUT2D eigenvalue weighted by atomic mass is 16.5. The molecule has 0 bridgehead atoms. The first-order valence-corrected chi connectivity index (χ1v) is 14.4. The number of hydrogen-bond donors (Lipinski definition) is 2. The van der Waals surface area contributed by atoms with Crippen molar-refractivity contribution in [1.29, 1.82) is 0 Å². The molecule has 0 aliphatic heterocycles. The number of benzene rings is 4. The summed E-state index contributed by atoms with van der Waals surface area (Å²) in [6.07, 6.45) is 6.66. The number of rotatable bonds is 10. The highest BCUT2D eigenvalue weighted by Gasteiger charge is 2.17. The van der Waals surface area contributed by atoms with Crippen molar-refractivity contribution in [3.8, 4) is 22.6 Å². The van der Waals surface area contributed by atoms with Gasteiger partial charge in [-0.15, -0.1) is 0 Å². The Kier molecular flexibility index (Phi) is 9.55. The lowest BCUT2D eigenvalue weighted by Crippen LogP contribution is -2.34. The van der Waals surface area contributed by atoms with Crippen LogP contribution in [-0.4, -0.2) is 26.3 Å². The van der Waals surface area contributed by atoms with Gasteiger partial charge < -0.3 is 20.1 Å². The lowest BCUT2D eigenvalue weighted by molar-refractivity contribution is 0.256. The number of anilines is 2. The second kappa shape index (κ2) is 13.9. The smallest absolute Gasteiger partial charge is 0.326 e. The van der Waals surface area contributed by atoms with Gasteiger partial charge in [-0.2, -0.15) is 0 Å². The van der Waals surface area contributed by atoms with Gasteiger partial charge in [0, 0.05) is 24.0 Å². The maximum atomic E-state index is 13.4. The van der Waals surface area contributed by atoms with Gasteiger partial charge in [0.05, 0.1) is 20.8 Å². The van der Waals surface area contributed by atoms with Crippen molar-refractivity contribution < 1.29 is 14.3 Å². The molecule has 1 aliphatic carbocycles. The van der Waals surface area contributed by atoms with Gasteiger partial charge in [0.1, 0.15) is 11.5 Å². The molecule has 2 N–H and O–H groups in total. The average molecular weight is 550 g/mol. The van der Waals surface area contributed by atoms with Crippen molar-refractivity contribution in [3.63, 3.8) is 0 Å². The first kappa shape index (κ1) is 28.2. The van der Waals surface area contributed by atoms with E-state index >= 15 is 0 Å². The summed E-state index contributed by atoms with van der Waals surface area (Å²) in [5.74, 6) is 1.48. The summed E-state index contributed by atoms with van der Waals surface area (Å²) in [5, 5.41) is 6.73. The number of carbonyl (C=O) groups is 1. The summed E-state index contributed by atoms with van der Waals surface area (Å²) in [7, 11) is 3.25. The zero-order chi connectivity index (χ0) is 28.4. The van der Waals surface area contributed by atoms with Gasteiger partial charge in [0.2, 0.25) is 0 Å². The first-order chi connectivity index (χ1) is 20.1. The Hall–Kier alpha value is -4.29. The van der Waals surface area contributed by atoms with Crippen LogP contribution >= 0.6 is 0 Å². The summed E-state index contributed by atoms with van der Waals surface area (Å²) in [4.78, 5) is 15.2. The number of methoxy groups -OCH3 is 2. The standard InChI is InChI=1S/C35H39N3O3/c1-40-33-20-16-31(17-21-33)37-35(39)38(32-18-22-34(41-2)23-19-32)25-27-10-14-29(15-11-27)28-12-8-26(9-13-28)24-36-30-6-4-3-5-7-30/h8-23,30,36H,3-7,24-25H2,1-2H3,(H,37,39). The molecule has 2 amide bonds. The third-order valence-corrected chi connectivity index (χ3v) is 7.75. The minimum Gasteiger partial charge on any atom is -0.497 e. The fraction of sp³-hybridized carbons (Fsp3) is 0.286. The summed E-state index contributed by atoms with van der Waals surface area (Å²) in [5.41, 5.74) is 6.15. The molecule has 6 heteroatoms. The molecule has 0 radical (unpaired) electrons. The fourth-order valence-corrected chi connectivity index (χ4v) is 5.28. The zero-order valence-corrected chi connectivity index (χ0v) is 23.9. The second-order valence-electron chi connectivity index (χ2n) is 10.6. The number of ether oxygens (including phenoxy) is 2. The third-order valence-electron chi connectivity index (χ3n) is 7.75. The zero-order valence-electron chi connectivity index (χ0n) is 23.9. The average Bonchev–Trinajstić information content (AvgIpc) is 3.04. The monoisotopic (exact) mass is 549 g/mol. The minimum absolute atomic E-state index is 0.221. The van der Waals surface area contributed by atoms with Gasteiger partial charge in [-0.05, 0) is 83.6 Å². The number of urea groups is 1. The normalized spacial score (nSPS) is 13.4. The predicted octanol–water partition coefficient (Wildman–Crippen LogP) is 8.03. The van der Waals surface area contributed by atoms with Crippen molar-refractivity contribution in [2.45, 2.75) is 51.2 Å². The van der Waals surface area contributed by atoms with Crippen molar-refractivity contribution in [2.75, 3.05) is 24.4 Å². The summed E-state index contributed by atoms with van der Waals surface area (Å²) >= 11 is 0. The van der Waals surface area contributed by atoms with E-state index in [2.05, 4.69) is 59.2 Å². The molecule has 212 valence electrons. The Morgan fingerprint density at radius 3 is 1.80 bits per heavy atom. The van der Waals surface area contributed by atoms with E-state index in [1.807, 2.05) is 48.5 Å². The van der Waals surface area contributed by atoms with E-state index in [0.717, 1.165) is 34.9 Å². The SMILES string of the molecule is COc1ccc(NC(=O)N(Cc2ccc(-c3ccc(CNC4CCCCC4)cc3)cc2)c2ccc(OC)cc2)cc1. The topological polar surface area (TPSA) is 62.8 Å². The molecule has 0 unspecified atom stereocenters. The lowest BCUT2D eigenvalue weighted by atomic mass is 9.95. The molecule has 41 heavy (non-hydrogen) atoms. The second-order valence-corrected chi connectivity index (χ2v) is 10.6. The highest BCUT2D eigenvalue weighted by Crippen LogP contribution is 2.26. The highest BCUT2D eigenvalue weighted by molar-refractivity contribution is 6.01. The first-order valence-electron chi connectivity index (χ1n) is 14.4. The van der Waals surface area contributed by atoms with E-state index in [-0.39, 0.29) is 6.03 Å². The maximum absolute atomic E-state index is 13.4. The molecule has 1 saturated carbocycles. The van der Waals surface area contributed by atoms with Crippen LogP contribution in [0.3, 0.4) is 0 Å². The van der Waals surface area contributed by atoms with Crippen LogP contribution in [0, 0.1) is 0 Å². The molecule has 1 fully saturated rings. The Balaban J connectivity index is 1.26. The third kappa shape index (κ3) is 7.68. The van der Waals surface area contributed by atoms with Crippen molar-refractivity contribution in [2.24, 2.45) is 0 Å². The number of amides is 2. The molecular formula is C35H39N3O3. The van der Waals surface area contributed by atoms with Crippen LogP contribution < -0.4 is 25.0 Å². The maximum Gasteiger partial charge on any atom is 0.326 e. The van der Waals surface area contributed by atoms with Crippen LogP contribution in [0.15, 0.2) is 97.1 Å². The van der Waals surface area contributed by atoms with E-state index in [1.165, 1.54) is 43.2 Å². The number of hydrogen-bond acceptors (Lipinski definition) is 4. The van der Waals surface area contributed by atoms with Crippen LogP contribution in [0.1, 0.15) is 43.2 Å². The van der Waals surface area contributed by atoms with Crippen LogP contribution in [0.25, 0.3) is 11.1 Å². The van der Waals surface area contributed by atoms with Crippen LogP contribution in [0.4, 0.5) is 16.2 Å². The predicted molar refractivity (Wildman–Crippen MR) is 167 cm³/mol. The van der Waals surface area contributed by atoms with E-state index in [4.69, 9.17) is 9.47 Å². The summed E-state index contributed by atoms with van der Waals surface area (Å²) in [6, 6.07) is 32.5. The van der Waals surface area contributed by atoms with Crippen LogP contribution in [0.5, 0.6) is 11.5 Å². The largest absolute Gasteiger partial charge is 0.497 e. The Morgan fingerprint density at radius 2 is 1.24 bits per heavy atom. The Labute approximate surface area is 243 Å². The van der Waals surface area contributed by atoms with Crippen LogP contribution in [-0.2, 0) is 13.1 Å². The molecule has 4 aromatic carbocycles. The molecule has 5 rings (SSSR count). The van der Waals surface area contributed by atoms with E-state index < -0.39 is 0 Å². The van der Waals surface area contributed by atoms with Crippen molar-refractivity contribution in [3.05, 3.63) is 108 Å². The molecule has 0 aromatic heterocycles. The van der Waals surface area contributed by atoms with E-state index in [9.17, 15) is 4.79 Å². The number of carbonyl (C=O) groups excluding carboxylic acids is 1. The van der Waals surface area contributed by atoms with E-state index in [0.29, 0.717) is 18.3 Å². The molecule has 0 spiro atoms. The lowest BCUT2D eigenvalue weighted by Gasteiger charge is -2.24. The molecule has 0 atom stereocenters. The molecule has 4 aromatic rings. The molecular weight excluding hydrogens is 510 g/mol. The number of nitrogens with zero attached hydrogens (tertiary/aromatic N) is 1. The Bertz CT molecular complexity index is 1380. The number of nitrogens with one attached hydrogen (secondary N) is 2. The molecule has 1 aliphatic rings. The van der Waals surface area contributed by atoms with Gasteiger partial charge in [-0.1, -0.05) is 67.8 Å². The van der Waals surface area contributed by atoms with Gasteiger partial charge >= 0.3 is 6.03 Å². The van der Waals surface area contributed by atoms with Gasteiger partial charge in [0.15, 0.2) is 0 Å². The van der Waals surface area contributed by atoms with E-state index in [1.54, 1.807) is 19.1 Å². The van der Waals surface area contributed by atoms with Crippen molar-refractivity contribution >= 4 is 17.4 Å². The molecule has 0 heterocycles. The summed E-state index contributed by atoms with van der Waals surface area (Å²) in [6.45, 7) is 1.34. The molecule has 6 nitrogen and oxygen atoms in total.